The summed E-state index contributed by atoms with van der Waals surface area (Å²) in [5, 5.41) is 1.53. The molecule has 0 atom stereocenters. The zero-order chi connectivity index (χ0) is 18.9. The normalized spacial score (nSPS) is 15.9. The number of H-pyrrole nitrogens is 1. The first-order valence-corrected chi connectivity index (χ1v) is 8.96. The van der Waals surface area contributed by atoms with Gasteiger partial charge in [0.1, 0.15) is 11.4 Å². The molecule has 1 saturated heterocycles. The second-order valence-corrected chi connectivity index (χ2v) is 7.75. The van der Waals surface area contributed by atoms with Crippen molar-refractivity contribution in [3.05, 3.63) is 40.3 Å². The van der Waals surface area contributed by atoms with Gasteiger partial charge in [-0.15, -0.1) is 0 Å². The number of benzene rings is 1. The van der Waals surface area contributed by atoms with E-state index in [4.69, 9.17) is 9.47 Å². The second-order valence-electron chi connectivity index (χ2n) is 7.75. The standard InChI is InChI=1S/C20H26N2O4/c1-20(2,3)26-19(24)22-9-7-13(8-10-22)17-12-14-11-15(25-4)5-6-16(14)18(23)21-17/h5-6,11-13H,7-10H2,1-4H3,(H,21,23). The number of hydrogen-bond acceptors (Lipinski definition) is 4. The van der Waals surface area contributed by atoms with Crippen molar-refractivity contribution in [2.24, 2.45) is 0 Å². The number of amides is 1. The molecule has 1 aromatic carbocycles. The number of ether oxygens (including phenoxy) is 2. The lowest BCUT2D eigenvalue weighted by molar-refractivity contribution is 0.0204. The number of nitrogens with zero attached hydrogens (tertiary/aromatic N) is 1. The van der Waals surface area contributed by atoms with Crippen LogP contribution in [-0.2, 0) is 4.74 Å². The Morgan fingerprint density at radius 3 is 2.50 bits per heavy atom. The molecule has 0 radical (unpaired) electrons. The number of aromatic amines is 1. The Hall–Kier alpha value is -2.50. The Morgan fingerprint density at radius 2 is 1.88 bits per heavy atom. The first kappa shape index (κ1) is 18.3. The van der Waals surface area contributed by atoms with Gasteiger partial charge in [-0.05, 0) is 63.3 Å². The van der Waals surface area contributed by atoms with Gasteiger partial charge in [-0.1, -0.05) is 0 Å². The second kappa shape index (κ2) is 7.02. The van der Waals surface area contributed by atoms with E-state index >= 15 is 0 Å². The predicted molar refractivity (Wildman–Crippen MR) is 101 cm³/mol. The molecule has 0 unspecified atom stereocenters. The molecule has 1 fully saturated rings. The fraction of sp³-hybridized carbons (Fsp3) is 0.500. The van der Waals surface area contributed by atoms with Crippen LogP contribution in [0, 0.1) is 0 Å². The maximum atomic E-state index is 12.4. The van der Waals surface area contributed by atoms with Crippen LogP contribution >= 0.6 is 0 Å². The van der Waals surface area contributed by atoms with Crippen LogP contribution in [0.2, 0.25) is 0 Å². The Morgan fingerprint density at radius 1 is 1.19 bits per heavy atom. The maximum Gasteiger partial charge on any atom is 0.410 e. The van der Waals surface area contributed by atoms with Crippen LogP contribution in [0.25, 0.3) is 10.8 Å². The van der Waals surface area contributed by atoms with E-state index in [-0.39, 0.29) is 17.6 Å². The molecular formula is C20H26N2O4. The lowest BCUT2D eigenvalue weighted by Gasteiger charge is -2.33. The van der Waals surface area contributed by atoms with Crippen molar-refractivity contribution in [1.29, 1.82) is 0 Å². The molecule has 1 amide bonds. The third kappa shape index (κ3) is 4.00. The minimum absolute atomic E-state index is 0.0882. The number of pyridine rings is 1. The first-order valence-electron chi connectivity index (χ1n) is 8.96. The summed E-state index contributed by atoms with van der Waals surface area (Å²) in [5.41, 5.74) is 0.339. The van der Waals surface area contributed by atoms with E-state index in [0.717, 1.165) is 29.7 Å². The molecular weight excluding hydrogens is 332 g/mol. The molecule has 0 aliphatic carbocycles. The van der Waals surface area contributed by atoms with Crippen molar-refractivity contribution in [2.45, 2.75) is 45.1 Å². The van der Waals surface area contributed by atoms with Crippen molar-refractivity contribution in [3.8, 4) is 5.75 Å². The van der Waals surface area contributed by atoms with E-state index in [1.165, 1.54) is 0 Å². The van der Waals surface area contributed by atoms with Crippen LogP contribution in [0.4, 0.5) is 4.79 Å². The zero-order valence-electron chi connectivity index (χ0n) is 15.8. The minimum atomic E-state index is -0.490. The number of likely N-dealkylation sites (tertiary alicyclic amines) is 1. The predicted octanol–water partition coefficient (Wildman–Crippen LogP) is 3.65. The fourth-order valence-corrected chi connectivity index (χ4v) is 3.32. The van der Waals surface area contributed by atoms with Crippen molar-refractivity contribution < 1.29 is 14.3 Å². The summed E-state index contributed by atoms with van der Waals surface area (Å²) in [7, 11) is 1.61. The molecule has 1 aliphatic heterocycles. The van der Waals surface area contributed by atoms with E-state index in [1.807, 2.05) is 32.9 Å². The summed E-state index contributed by atoms with van der Waals surface area (Å²) in [6.45, 7) is 6.85. The Balaban J connectivity index is 1.75. The highest BCUT2D eigenvalue weighted by Crippen LogP contribution is 2.29. The summed E-state index contributed by atoms with van der Waals surface area (Å²) in [6, 6.07) is 7.47. The van der Waals surface area contributed by atoms with Crippen LogP contribution < -0.4 is 10.3 Å². The third-order valence-electron chi connectivity index (χ3n) is 4.66. The van der Waals surface area contributed by atoms with E-state index in [0.29, 0.717) is 18.5 Å². The van der Waals surface area contributed by atoms with Gasteiger partial charge in [-0.25, -0.2) is 4.79 Å². The van der Waals surface area contributed by atoms with Crippen LogP contribution in [0.1, 0.15) is 45.2 Å². The van der Waals surface area contributed by atoms with E-state index in [1.54, 1.807) is 24.1 Å². The number of piperidine rings is 1. The molecule has 0 bridgehead atoms. The molecule has 6 nitrogen and oxygen atoms in total. The maximum absolute atomic E-state index is 12.4. The van der Waals surface area contributed by atoms with E-state index in [9.17, 15) is 9.59 Å². The van der Waals surface area contributed by atoms with Gasteiger partial charge in [0.15, 0.2) is 0 Å². The highest BCUT2D eigenvalue weighted by molar-refractivity contribution is 5.83. The quantitative estimate of drug-likeness (QED) is 0.889. The monoisotopic (exact) mass is 358 g/mol. The molecule has 1 aliphatic rings. The molecule has 6 heteroatoms. The highest BCUT2D eigenvalue weighted by atomic mass is 16.6. The molecule has 140 valence electrons. The molecule has 3 rings (SSSR count). The van der Waals surface area contributed by atoms with Gasteiger partial charge >= 0.3 is 6.09 Å². The van der Waals surface area contributed by atoms with Crippen LogP contribution in [-0.4, -0.2) is 41.8 Å². The SMILES string of the molecule is COc1ccc2c(=O)[nH]c(C3CCN(C(=O)OC(C)(C)C)CC3)cc2c1. The molecule has 0 saturated carbocycles. The molecule has 0 spiro atoms. The van der Waals surface area contributed by atoms with Gasteiger partial charge in [0.25, 0.3) is 5.56 Å². The third-order valence-corrected chi connectivity index (χ3v) is 4.66. The van der Waals surface area contributed by atoms with Crippen molar-refractivity contribution in [2.75, 3.05) is 20.2 Å². The zero-order valence-corrected chi connectivity index (χ0v) is 15.8. The largest absolute Gasteiger partial charge is 0.497 e. The first-order chi connectivity index (χ1) is 12.3. The van der Waals surface area contributed by atoms with E-state index in [2.05, 4.69) is 4.98 Å². The summed E-state index contributed by atoms with van der Waals surface area (Å²) in [4.78, 5) is 29.3. The number of carbonyl (C=O) groups excluding carboxylic acids is 1. The Bertz CT molecular complexity index is 858. The number of carbonyl (C=O) groups is 1. The summed E-state index contributed by atoms with van der Waals surface area (Å²) in [6.07, 6.45) is 1.32. The van der Waals surface area contributed by atoms with Gasteiger partial charge < -0.3 is 19.4 Å². The number of nitrogens with one attached hydrogen (secondary N) is 1. The van der Waals surface area contributed by atoms with Gasteiger partial charge in [0.05, 0.1) is 7.11 Å². The number of rotatable bonds is 2. The van der Waals surface area contributed by atoms with Gasteiger partial charge in [-0.2, -0.15) is 0 Å². The highest BCUT2D eigenvalue weighted by Gasteiger charge is 2.28. The molecule has 26 heavy (non-hydrogen) atoms. The van der Waals surface area contributed by atoms with E-state index < -0.39 is 5.60 Å². The van der Waals surface area contributed by atoms with Gasteiger partial charge in [0.2, 0.25) is 0 Å². The van der Waals surface area contributed by atoms with Crippen LogP contribution in [0.3, 0.4) is 0 Å². The lowest BCUT2D eigenvalue weighted by Crippen LogP contribution is -2.41. The lowest BCUT2D eigenvalue weighted by atomic mass is 9.92. The number of aromatic nitrogens is 1. The average molecular weight is 358 g/mol. The summed E-state index contributed by atoms with van der Waals surface area (Å²) in [5.74, 6) is 0.950. The summed E-state index contributed by atoms with van der Waals surface area (Å²) >= 11 is 0. The Labute approximate surface area is 153 Å². The molecule has 1 N–H and O–H groups in total. The van der Waals surface area contributed by atoms with Gasteiger partial charge in [0, 0.05) is 30.1 Å². The fourth-order valence-electron chi connectivity index (χ4n) is 3.32. The van der Waals surface area contributed by atoms with Crippen molar-refractivity contribution in [3.63, 3.8) is 0 Å². The van der Waals surface area contributed by atoms with Crippen LogP contribution in [0.15, 0.2) is 29.1 Å². The summed E-state index contributed by atoms with van der Waals surface area (Å²) < 4.78 is 10.7. The van der Waals surface area contributed by atoms with Crippen LogP contribution in [0.5, 0.6) is 5.75 Å². The molecule has 2 heterocycles. The number of hydrogen-bond donors (Lipinski definition) is 1. The number of methoxy groups -OCH3 is 1. The van der Waals surface area contributed by atoms with Gasteiger partial charge in [-0.3, -0.25) is 4.79 Å². The van der Waals surface area contributed by atoms with Crippen molar-refractivity contribution >= 4 is 16.9 Å². The average Bonchev–Trinajstić information content (AvgIpc) is 2.59. The molecule has 2 aromatic rings. The molecule has 1 aromatic heterocycles. The Kier molecular flexibility index (Phi) is 4.94. The topological polar surface area (TPSA) is 71.6 Å². The minimum Gasteiger partial charge on any atom is -0.497 e. The smallest absolute Gasteiger partial charge is 0.410 e. The van der Waals surface area contributed by atoms with Crippen molar-refractivity contribution in [1.82, 2.24) is 9.88 Å². The number of fused-ring (bicyclic) bond motifs is 1.